The molecule has 0 saturated heterocycles. The van der Waals surface area contributed by atoms with Crippen molar-refractivity contribution in [3.05, 3.63) is 107 Å². The Morgan fingerprint density at radius 3 is 1.76 bits per heavy atom. The fourth-order valence-electron chi connectivity index (χ4n) is 3.96. The third kappa shape index (κ3) is 4.97. The minimum atomic E-state index is -6.74. The molecule has 38 heavy (non-hydrogen) atoms. The third-order valence-electron chi connectivity index (χ3n) is 5.86. The predicted octanol–water partition coefficient (Wildman–Crippen LogP) is 8.16. The van der Waals surface area contributed by atoms with Crippen molar-refractivity contribution >= 4 is 0 Å². The van der Waals surface area contributed by atoms with E-state index in [9.17, 15) is 26.3 Å². The molecular weight excluding hydrogens is 523 g/mol. The van der Waals surface area contributed by atoms with Crippen molar-refractivity contribution in [3.8, 4) is 22.5 Å². The van der Waals surface area contributed by atoms with Crippen LogP contribution in [-0.2, 0) is 18.5 Å². The van der Waals surface area contributed by atoms with E-state index in [2.05, 4.69) is 9.97 Å². The lowest BCUT2D eigenvalue weighted by Crippen LogP contribution is -2.51. The molecule has 0 saturated carbocycles. The second-order valence-corrected chi connectivity index (χ2v) is 8.34. The van der Waals surface area contributed by atoms with E-state index in [4.69, 9.17) is 0 Å². The van der Waals surface area contributed by atoms with Gasteiger partial charge in [-0.1, -0.05) is 42.5 Å². The van der Waals surface area contributed by atoms with Gasteiger partial charge in [0.1, 0.15) is 11.6 Å². The molecule has 2 aromatic carbocycles. The van der Waals surface area contributed by atoms with E-state index >= 15 is 13.2 Å². The molecule has 2 aromatic heterocycles. The lowest BCUT2D eigenvalue weighted by atomic mass is 9.87. The molecule has 0 aliphatic rings. The number of benzene rings is 2. The molecule has 0 N–H and O–H groups in total. The molecule has 4 rings (SSSR count). The van der Waals surface area contributed by atoms with E-state index in [0.717, 1.165) is 23.9 Å². The van der Waals surface area contributed by atoms with Gasteiger partial charge in [-0.3, -0.25) is 9.97 Å². The molecule has 0 bridgehead atoms. The van der Waals surface area contributed by atoms with Gasteiger partial charge in [-0.15, -0.1) is 0 Å². The zero-order chi connectivity index (χ0) is 27.7. The molecule has 11 heteroatoms. The highest BCUT2D eigenvalue weighted by atomic mass is 19.4. The van der Waals surface area contributed by atoms with Crippen LogP contribution in [0.15, 0.2) is 79.0 Å². The predicted molar refractivity (Wildman–Crippen MR) is 122 cm³/mol. The van der Waals surface area contributed by atoms with Crippen molar-refractivity contribution in [1.29, 1.82) is 0 Å². The van der Waals surface area contributed by atoms with Gasteiger partial charge in [0.25, 0.3) is 0 Å². The van der Waals surface area contributed by atoms with Gasteiger partial charge in [0.2, 0.25) is 0 Å². The number of nitrogens with zero attached hydrogens (tertiary/aromatic N) is 2. The van der Waals surface area contributed by atoms with Crippen molar-refractivity contribution in [2.75, 3.05) is 0 Å². The Bertz CT molecular complexity index is 1400. The summed E-state index contributed by atoms with van der Waals surface area (Å²) in [5.41, 5.74) is -10.7. The van der Waals surface area contributed by atoms with Crippen molar-refractivity contribution < 1.29 is 39.5 Å². The molecule has 0 amide bonds. The van der Waals surface area contributed by atoms with Gasteiger partial charge in [-0.2, -0.15) is 26.3 Å². The third-order valence-corrected chi connectivity index (χ3v) is 5.86. The summed E-state index contributed by atoms with van der Waals surface area (Å²) in [5.74, 6) is -4.74. The monoisotopic (exact) mass is 540 g/mol. The topological polar surface area (TPSA) is 25.8 Å². The van der Waals surface area contributed by atoms with Crippen LogP contribution in [0, 0.1) is 11.6 Å². The number of aromatic nitrogens is 2. The zero-order valence-electron chi connectivity index (χ0n) is 19.2. The molecule has 0 atom stereocenters. The first-order chi connectivity index (χ1) is 17.8. The highest BCUT2D eigenvalue weighted by molar-refractivity contribution is 5.73. The SMILES string of the molecule is Fc1c(-c2ccccn2)cc(-c2cccc(CCc3ccccc3)n2)c(F)c1C(F)(C(F)(F)F)C(F)(F)F. The Hall–Kier alpha value is -3.89. The summed E-state index contributed by atoms with van der Waals surface area (Å²) < 4.78 is 127. The van der Waals surface area contributed by atoms with Crippen LogP contribution in [0.3, 0.4) is 0 Å². The largest absolute Gasteiger partial charge is 0.436 e. The van der Waals surface area contributed by atoms with Gasteiger partial charge < -0.3 is 0 Å². The molecule has 2 nitrogen and oxygen atoms in total. The maximum absolute atomic E-state index is 15.5. The van der Waals surface area contributed by atoms with E-state index in [-0.39, 0.29) is 0 Å². The van der Waals surface area contributed by atoms with E-state index in [1.54, 1.807) is 12.1 Å². The normalized spacial score (nSPS) is 12.6. The quantitative estimate of drug-likeness (QED) is 0.231. The lowest BCUT2D eigenvalue weighted by molar-refractivity contribution is -0.350. The molecule has 198 valence electrons. The van der Waals surface area contributed by atoms with Crippen LogP contribution in [0.25, 0.3) is 22.5 Å². The fourth-order valence-corrected chi connectivity index (χ4v) is 3.96. The van der Waals surface area contributed by atoms with Gasteiger partial charge in [0.15, 0.2) is 0 Å². The fraction of sp³-hybridized carbons (Fsp3) is 0.185. The van der Waals surface area contributed by atoms with Gasteiger partial charge >= 0.3 is 18.0 Å². The Labute approximate surface area is 210 Å². The van der Waals surface area contributed by atoms with Gasteiger partial charge in [0.05, 0.1) is 17.0 Å². The molecular formula is C27H17F9N2. The summed E-state index contributed by atoms with van der Waals surface area (Å²) in [6, 6.07) is 17.5. The van der Waals surface area contributed by atoms with Crippen molar-refractivity contribution in [2.45, 2.75) is 30.9 Å². The van der Waals surface area contributed by atoms with Gasteiger partial charge in [-0.05, 0) is 48.7 Å². The molecule has 0 radical (unpaired) electrons. The van der Waals surface area contributed by atoms with Gasteiger partial charge in [-0.25, -0.2) is 13.2 Å². The highest BCUT2D eigenvalue weighted by Gasteiger charge is 2.75. The molecule has 2 heterocycles. The first-order valence-corrected chi connectivity index (χ1v) is 11.1. The minimum absolute atomic E-state index is 0.290. The van der Waals surface area contributed by atoms with Crippen LogP contribution in [0.2, 0.25) is 0 Å². The van der Waals surface area contributed by atoms with Crippen molar-refractivity contribution in [1.82, 2.24) is 9.97 Å². The Morgan fingerprint density at radius 2 is 1.18 bits per heavy atom. The number of hydrogen-bond acceptors (Lipinski definition) is 2. The summed E-state index contributed by atoms with van der Waals surface area (Å²) >= 11 is 0. The Balaban J connectivity index is 1.94. The number of rotatable bonds is 6. The average Bonchev–Trinajstić information content (AvgIpc) is 2.87. The summed E-state index contributed by atoms with van der Waals surface area (Å²) in [6.45, 7) is 0. The molecule has 0 aliphatic carbocycles. The van der Waals surface area contributed by atoms with Crippen LogP contribution < -0.4 is 0 Å². The van der Waals surface area contributed by atoms with E-state index in [1.165, 1.54) is 24.3 Å². The standard InChI is InChI=1S/C27H17F9N2/c28-23-18(20-10-4-5-14-37-20)15-19(24(29)22(23)25(30,26(31,32)33)27(34,35)36)21-11-6-9-17(38-21)13-12-16-7-2-1-3-8-16/h1-11,14-15H,12-13H2. The Morgan fingerprint density at radius 1 is 0.605 bits per heavy atom. The summed E-state index contributed by atoms with van der Waals surface area (Å²) in [7, 11) is 0. The van der Waals surface area contributed by atoms with Crippen LogP contribution in [0.4, 0.5) is 39.5 Å². The smallest absolute Gasteiger partial charge is 0.256 e. The average molecular weight is 540 g/mol. The first kappa shape index (κ1) is 27.2. The number of aryl methyl sites for hydroxylation is 2. The summed E-state index contributed by atoms with van der Waals surface area (Å²) in [5, 5.41) is 0. The maximum Gasteiger partial charge on any atom is 0.436 e. The number of pyridine rings is 2. The van der Waals surface area contributed by atoms with E-state index < -0.39 is 57.7 Å². The van der Waals surface area contributed by atoms with Crippen LogP contribution in [-0.4, -0.2) is 22.3 Å². The first-order valence-electron chi connectivity index (χ1n) is 11.1. The van der Waals surface area contributed by atoms with E-state index in [1.807, 2.05) is 18.2 Å². The molecule has 4 aromatic rings. The van der Waals surface area contributed by atoms with E-state index in [0.29, 0.717) is 24.6 Å². The van der Waals surface area contributed by atoms with Crippen molar-refractivity contribution in [2.24, 2.45) is 0 Å². The van der Waals surface area contributed by atoms with Crippen LogP contribution in [0.5, 0.6) is 0 Å². The second kappa shape index (κ2) is 10.1. The number of alkyl halides is 7. The molecule has 0 unspecified atom stereocenters. The second-order valence-electron chi connectivity index (χ2n) is 8.34. The lowest BCUT2D eigenvalue weighted by Gasteiger charge is -2.31. The number of hydrogen-bond donors (Lipinski definition) is 0. The molecule has 0 aliphatic heterocycles. The van der Waals surface area contributed by atoms with Crippen LogP contribution in [0.1, 0.15) is 16.8 Å². The maximum atomic E-state index is 15.5. The van der Waals surface area contributed by atoms with Crippen molar-refractivity contribution in [3.63, 3.8) is 0 Å². The summed E-state index contributed by atoms with van der Waals surface area (Å²) in [4.78, 5) is 7.90. The molecule has 0 spiro atoms. The Kier molecular flexibility index (Phi) is 7.22. The summed E-state index contributed by atoms with van der Waals surface area (Å²) in [6.07, 6.45) is -11.6. The van der Waals surface area contributed by atoms with Gasteiger partial charge in [0, 0.05) is 23.0 Å². The minimum Gasteiger partial charge on any atom is -0.256 e. The molecule has 0 fully saturated rings. The highest BCUT2D eigenvalue weighted by Crippen LogP contribution is 2.56. The number of halogens is 9. The zero-order valence-corrected chi connectivity index (χ0v) is 19.2. The van der Waals surface area contributed by atoms with Crippen LogP contribution >= 0.6 is 0 Å².